The number of hydrogen-bond acceptors (Lipinski definition) is 3. The number of carbonyl (C=O) groups is 1. The first kappa shape index (κ1) is 18.4. The Labute approximate surface area is 168 Å². The van der Waals surface area contributed by atoms with E-state index >= 15 is 0 Å². The Bertz CT molecular complexity index is 1070. The number of para-hydroxylation sites is 1. The number of nitrogens with one attached hydrogen (secondary N) is 2. The van der Waals surface area contributed by atoms with Crippen LogP contribution < -0.4 is 5.32 Å². The van der Waals surface area contributed by atoms with Crippen LogP contribution in [0.15, 0.2) is 79.1 Å². The topological polar surface area (TPSA) is 57.8 Å². The number of pyridine rings is 1. The smallest absolute Gasteiger partial charge is 0.188 e. The average molecular weight is 390 g/mol. The van der Waals surface area contributed by atoms with Gasteiger partial charge in [-0.25, -0.2) is 0 Å². The van der Waals surface area contributed by atoms with Crippen LogP contribution in [0.1, 0.15) is 27.7 Å². The fourth-order valence-corrected chi connectivity index (χ4v) is 3.45. The van der Waals surface area contributed by atoms with E-state index in [0.29, 0.717) is 17.8 Å². The van der Waals surface area contributed by atoms with Gasteiger partial charge in [0.05, 0.1) is 5.69 Å². The van der Waals surface area contributed by atoms with E-state index in [4.69, 9.17) is 11.6 Å². The van der Waals surface area contributed by atoms with Crippen LogP contribution in [-0.4, -0.2) is 22.3 Å². The monoisotopic (exact) mass is 389 g/mol. The van der Waals surface area contributed by atoms with Crippen molar-refractivity contribution in [2.24, 2.45) is 0 Å². The van der Waals surface area contributed by atoms with Crippen molar-refractivity contribution >= 4 is 28.3 Å². The number of halogens is 1. The molecule has 1 atom stereocenters. The summed E-state index contributed by atoms with van der Waals surface area (Å²) in [5.41, 5.74) is 3.50. The SMILES string of the molecule is O=C(c1c[nH]c2ccccc12)C(NCCc1ccc(Cl)cc1)c1ccccn1. The summed E-state index contributed by atoms with van der Waals surface area (Å²) in [6.45, 7) is 0.650. The molecule has 0 spiro atoms. The summed E-state index contributed by atoms with van der Waals surface area (Å²) in [6, 6.07) is 20.7. The van der Waals surface area contributed by atoms with E-state index in [-0.39, 0.29) is 5.78 Å². The second-order valence-electron chi connectivity index (χ2n) is 6.63. The number of H-pyrrole nitrogens is 1. The number of hydrogen-bond donors (Lipinski definition) is 2. The van der Waals surface area contributed by atoms with Crippen LogP contribution in [0.5, 0.6) is 0 Å². The molecular formula is C23H20ClN3O. The van der Waals surface area contributed by atoms with Gasteiger partial charge in [0.1, 0.15) is 6.04 Å². The predicted octanol–water partition coefficient (Wildman–Crippen LogP) is 4.97. The lowest BCUT2D eigenvalue weighted by Gasteiger charge is -2.17. The summed E-state index contributed by atoms with van der Waals surface area (Å²) in [4.78, 5) is 21.0. The highest BCUT2D eigenvalue weighted by Gasteiger charge is 2.24. The van der Waals surface area contributed by atoms with Gasteiger partial charge in [-0.2, -0.15) is 0 Å². The van der Waals surface area contributed by atoms with Crippen molar-refractivity contribution in [3.05, 3.63) is 101 Å². The second kappa shape index (κ2) is 8.38. The number of nitrogens with zero attached hydrogens (tertiary/aromatic N) is 1. The quantitative estimate of drug-likeness (QED) is 0.438. The van der Waals surface area contributed by atoms with E-state index in [1.165, 1.54) is 0 Å². The first-order chi connectivity index (χ1) is 13.7. The molecule has 0 saturated heterocycles. The fraction of sp³-hybridized carbons (Fsp3) is 0.130. The largest absolute Gasteiger partial charge is 0.360 e. The van der Waals surface area contributed by atoms with Crippen LogP contribution in [0.2, 0.25) is 5.02 Å². The molecule has 0 fully saturated rings. The maximum absolute atomic E-state index is 13.4. The molecule has 28 heavy (non-hydrogen) atoms. The van der Waals surface area contributed by atoms with Crippen molar-refractivity contribution in [2.75, 3.05) is 6.54 Å². The van der Waals surface area contributed by atoms with Crippen molar-refractivity contribution in [2.45, 2.75) is 12.5 Å². The molecule has 4 rings (SSSR count). The lowest BCUT2D eigenvalue weighted by molar-refractivity contribution is 0.0943. The van der Waals surface area contributed by atoms with E-state index < -0.39 is 6.04 Å². The Balaban J connectivity index is 1.57. The van der Waals surface area contributed by atoms with Crippen LogP contribution in [0.25, 0.3) is 10.9 Å². The Morgan fingerprint density at radius 1 is 1.04 bits per heavy atom. The number of benzene rings is 2. The lowest BCUT2D eigenvalue weighted by atomic mass is 10.00. The molecule has 0 bridgehead atoms. The number of ketones is 1. The van der Waals surface area contributed by atoms with Crippen molar-refractivity contribution in [1.29, 1.82) is 0 Å². The third kappa shape index (κ3) is 3.98. The van der Waals surface area contributed by atoms with Crippen molar-refractivity contribution in [3.63, 3.8) is 0 Å². The predicted molar refractivity (Wildman–Crippen MR) is 113 cm³/mol. The van der Waals surface area contributed by atoms with E-state index in [1.807, 2.05) is 66.7 Å². The number of aromatic amines is 1. The minimum absolute atomic E-state index is 0.00672. The third-order valence-electron chi connectivity index (χ3n) is 4.78. The van der Waals surface area contributed by atoms with Crippen LogP contribution in [0, 0.1) is 0 Å². The number of aromatic nitrogens is 2. The van der Waals surface area contributed by atoms with Crippen LogP contribution in [-0.2, 0) is 6.42 Å². The van der Waals surface area contributed by atoms with Gasteiger partial charge in [-0.3, -0.25) is 9.78 Å². The second-order valence-corrected chi connectivity index (χ2v) is 7.07. The van der Waals surface area contributed by atoms with Crippen molar-refractivity contribution in [3.8, 4) is 0 Å². The molecule has 2 heterocycles. The lowest BCUT2D eigenvalue weighted by Crippen LogP contribution is -2.31. The molecule has 0 aliphatic heterocycles. The molecule has 0 saturated carbocycles. The highest BCUT2D eigenvalue weighted by Crippen LogP contribution is 2.24. The Morgan fingerprint density at radius 2 is 1.82 bits per heavy atom. The highest BCUT2D eigenvalue weighted by molar-refractivity contribution is 6.30. The Morgan fingerprint density at radius 3 is 2.61 bits per heavy atom. The number of fused-ring (bicyclic) bond motifs is 1. The van der Waals surface area contributed by atoms with Crippen LogP contribution in [0.4, 0.5) is 0 Å². The summed E-state index contributed by atoms with van der Waals surface area (Å²) >= 11 is 5.95. The summed E-state index contributed by atoms with van der Waals surface area (Å²) < 4.78 is 0. The first-order valence-corrected chi connectivity index (χ1v) is 9.59. The highest BCUT2D eigenvalue weighted by atomic mass is 35.5. The molecule has 1 unspecified atom stereocenters. The van der Waals surface area contributed by atoms with Crippen molar-refractivity contribution < 1.29 is 4.79 Å². The molecular weight excluding hydrogens is 370 g/mol. The van der Waals surface area contributed by atoms with Gasteiger partial charge in [0.25, 0.3) is 0 Å². The zero-order valence-electron chi connectivity index (χ0n) is 15.2. The molecule has 140 valence electrons. The third-order valence-corrected chi connectivity index (χ3v) is 5.03. The standard InChI is InChI=1S/C23H20ClN3O/c24-17-10-8-16(9-11-17)12-14-26-22(21-7-3-4-13-25-21)23(28)19-15-27-20-6-2-1-5-18(19)20/h1-11,13,15,22,26-27H,12,14H2. The van der Waals surface area contributed by atoms with Crippen molar-refractivity contribution in [1.82, 2.24) is 15.3 Å². The Hall–Kier alpha value is -2.95. The molecule has 0 aliphatic rings. The van der Waals surface area contributed by atoms with E-state index in [1.54, 1.807) is 12.4 Å². The minimum Gasteiger partial charge on any atom is -0.360 e. The van der Waals surface area contributed by atoms with Gasteiger partial charge in [0, 0.05) is 40.4 Å². The van der Waals surface area contributed by atoms with Gasteiger partial charge in [0.2, 0.25) is 0 Å². The first-order valence-electron chi connectivity index (χ1n) is 9.21. The average Bonchev–Trinajstić information content (AvgIpc) is 3.17. The number of Topliss-reactive ketones (excluding diaryl/α,β-unsaturated/α-hetero) is 1. The maximum atomic E-state index is 13.4. The molecule has 2 aromatic heterocycles. The van der Waals surface area contributed by atoms with Gasteiger partial charge in [-0.1, -0.05) is 48.0 Å². The number of rotatable bonds is 7. The number of carbonyl (C=O) groups excluding carboxylic acids is 1. The van der Waals surface area contributed by atoms with E-state index in [9.17, 15) is 4.79 Å². The molecule has 4 nitrogen and oxygen atoms in total. The Kier molecular flexibility index (Phi) is 5.51. The van der Waals surface area contributed by atoms with E-state index in [0.717, 1.165) is 27.9 Å². The summed E-state index contributed by atoms with van der Waals surface area (Å²) in [6.07, 6.45) is 4.29. The molecule has 0 radical (unpaired) electrons. The zero-order valence-corrected chi connectivity index (χ0v) is 16.0. The molecule has 2 aromatic carbocycles. The molecule has 2 N–H and O–H groups in total. The zero-order chi connectivity index (χ0) is 19.3. The van der Waals surface area contributed by atoms with Crippen LogP contribution in [0.3, 0.4) is 0 Å². The molecule has 5 heteroatoms. The summed E-state index contributed by atoms with van der Waals surface area (Å²) in [5.74, 6) is 0.00672. The van der Waals surface area contributed by atoms with Gasteiger partial charge in [-0.05, 0) is 42.3 Å². The summed E-state index contributed by atoms with van der Waals surface area (Å²) in [5, 5.41) is 5.04. The normalized spacial score (nSPS) is 12.2. The maximum Gasteiger partial charge on any atom is 0.188 e. The van der Waals surface area contributed by atoms with E-state index in [2.05, 4.69) is 15.3 Å². The summed E-state index contributed by atoms with van der Waals surface area (Å²) in [7, 11) is 0. The molecule has 0 aliphatic carbocycles. The van der Waals surface area contributed by atoms with Crippen LogP contribution >= 0.6 is 11.6 Å². The fourth-order valence-electron chi connectivity index (χ4n) is 3.32. The van der Waals surface area contributed by atoms with Gasteiger partial charge < -0.3 is 10.3 Å². The van der Waals surface area contributed by atoms with Gasteiger partial charge >= 0.3 is 0 Å². The van der Waals surface area contributed by atoms with Gasteiger partial charge in [0.15, 0.2) is 5.78 Å². The minimum atomic E-state index is -0.507. The molecule has 4 aromatic rings. The van der Waals surface area contributed by atoms with Gasteiger partial charge in [-0.15, -0.1) is 0 Å². The molecule has 0 amide bonds.